The van der Waals surface area contributed by atoms with E-state index in [0.717, 1.165) is 67.4 Å². The first-order chi connectivity index (χ1) is 26.3. The van der Waals surface area contributed by atoms with Crippen LogP contribution in [0.3, 0.4) is 0 Å². The SMILES string of the molecule is C=CC(=O)OCCSc1ccc(C#Cc2ccc(OCc3ccc(-c4ccc(C#Cc5ccc(SOC(=O)C=C)cc5)cc4)cc3)c(C(=O)OC)c2)cc1. The van der Waals surface area contributed by atoms with Gasteiger partial charge >= 0.3 is 17.9 Å². The molecule has 0 N–H and O–H groups in total. The van der Waals surface area contributed by atoms with Gasteiger partial charge in [-0.15, -0.1) is 11.8 Å². The van der Waals surface area contributed by atoms with Crippen LogP contribution in [0.4, 0.5) is 0 Å². The molecule has 0 amide bonds. The predicted octanol–water partition coefficient (Wildman–Crippen LogP) is 9.08. The topological polar surface area (TPSA) is 88.1 Å². The van der Waals surface area contributed by atoms with E-state index in [4.69, 9.17) is 18.4 Å². The van der Waals surface area contributed by atoms with Gasteiger partial charge in [-0.1, -0.05) is 73.2 Å². The van der Waals surface area contributed by atoms with Crippen molar-refractivity contribution in [3.8, 4) is 40.6 Å². The third-order valence-electron chi connectivity index (χ3n) is 7.51. The molecular formula is C45H34O7S2. The molecule has 54 heavy (non-hydrogen) atoms. The maximum Gasteiger partial charge on any atom is 0.342 e. The van der Waals surface area contributed by atoms with Crippen LogP contribution < -0.4 is 4.74 Å². The molecule has 0 atom stereocenters. The van der Waals surface area contributed by atoms with Crippen molar-refractivity contribution in [3.63, 3.8) is 0 Å². The normalized spacial score (nSPS) is 10.0. The molecule has 0 saturated heterocycles. The summed E-state index contributed by atoms with van der Waals surface area (Å²) in [7, 11) is 1.33. The summed E-state index contributed by atoms with van der Waals surface area (Å²) in [6.07, 6.45) is 2.27. The molecular weight excluding hydrogens is 717 g/mol. The van der Waals surface area contributed by atoms with E-state index in [2.05, 4.69) is 36.8 Å². The summed E-state index contributed by atoms with van der Waals surface area (Å²) in [5.74, 6) is 12.2. The smallest absolute Gasteiger partial charge is 0.342 e. The first-order valence-corrected chi connectivity index (χ1v) is 18.3. The van der Waals surface area contributed by atoms with Gasteiger partial charge in [0.05, 0.1) is 19.2 Å². The third-order valence-corrected chi connectivity index (χ3v) is 9.20. The number of rotatable bonds is 13. The summed E-state index contributed by atoms with van der Waals surface area (Å²) >= 11 is 2.55. The molecule has 0 fully saturated rings. The largest absolute Gasteiger partial charge is 0.488 e. The Morgan fingerprint density at radius 3 is 1.74 bits per heavy atom. The number of methoxy groups -OCH3 is 1. The zero-order valence-corrected chi connectivity index (χ0v) is 31.0. The van der Waals surface area contributed by atoms with Gasteiger partial charge in [-0.25, -0.2) is 14.4 Å². The van der Waals surface area contributed by atoms with Gasteiger partial charge in [-0.3, -0.25) is 0 Å². The quantitative estimate of drug-likeness (QED) is 0.0292. The molecule has 0 spiro atoms. The lowest BCUT2D eigenvalue weighted by atomic mass is 10.0. The van der Waals surface area contributed by atoms with Crippen molar-refractivity contribution in [2.45, 2.75) is 16.4 Å². The molecule has 0 aliphatic rings. The lowest BCUT2D eigenvalue weighted by Crippen LogP contribution is -2.06. The Bertz CT molecular complexity index is 2240. The Morgan fingerprint density at radius 2 is 1.17 bits per heavy atom. The molecule has 0 saturated carbocycles. The van der Waals surface area contributed by atoms with Gasteiger partial charge in [0, 0.05) is 49.9 Å². The van der Waals surface area contributed by atoms with E-state index in [-0.39, 0.29) is 12.2 Å². The van der Waals surface area contributed by atoms with Crippen LogP contribution >= 0.6 is 23.8 Å². The standard InChI is InChI=1S/C45H34O7S2/c1-4-43(46)50-28-29-53-39-23-14-34(15-24-39)8-9-35-18-27-42(41(30-35)45(48)49-3)51-31-36-12-21-38(22-13-36)37-19-10-32(11-20-37)6-7-33-16-25-40(26-17-33)54-52-44(47)5-2/h4-5,10-27,30H,1-2,28-29,31H2,3H3. The van der Waals surface area contributed by atoms with Crippen molar-refractivity contribution in [2.75, 3.05) is 19.5 Å². The second kappa shape index (κ2) is 20.0. The number of esters is 2. The van der Waals surface area contributed by atoms with Crippen LogP contribution in [0.1, 0.15) is 38.2 Å². The van der Waals surface area contributed by atoms with Gasteiger partial charge in [0.1, 0.15) is 24.5 Å². The highest BCUT2D eigenvalue weighted by Gasteiger charge is 2.14. The Hall–Kier alpha value is -6.39. The number of ether oxygens (including phenoxy) is 3. The molecule has 0 aliphatic carbocycles. The van der Waals surface area contributed by atoms with E-state index in [0.29, 0.717) is 23.7 Å². The lowest BCUT2D eigenvalue weighted by Gasteiger charge is -2.11. The van der Waals surface area contributed by atoms with Crippen molar-refractivity contribution >= 4 is 41.7 Å². The number of carbonyl (C=O) groups excluding carboxylic acids is 3. The molecule has 9 heteroatoms. The molecule has 0 unspecified atom stereocenters. The summed E-state index contributed by atoms with van der Waals surface area (Å²) in [6, 6.07) is 36.4. The van der Waals surface area contributed by atoms with Gasteiger partial charge in [-0.2, -0.15) is 0 Å². The number of hydrogen-bond donors (Lipinski definition) is 0. The molecule has 5 aromatic rings. The van der Waals surface area contributed by atoms with Crippen molar-refractivity contribution in [1.29, 1.82) is 0 Å². The zero-order chi connectivity index (χ0) is 38.1. The van der Waals surface area contributed by atoms with Crippen molar-refractivity contribution in [1.82, 2.24) is 0 Å². The molecule has 0 aromatic heterocycles. The third kappa shape index (κ3) is 11.8. The van der Waals surface area contributed by atoms with Crippen molar-refractivity contribution in [2.24, 2.45) is 0 Å². The van der Waals surface area contributed by atoms with Crippen LogP contribution in [-0.2, 0) is 29.9 Å². The minimum absolute atomic E-state index is 0.254. The number of hydrogen-bond acceptors (Lipinski definition) is 9. The minimum atomic E-state index is -0.516. The van der Waals surface area contributed by atoms with Crippen LogP contribution in [0.5, 0.6) is 5.75 Å². The summed E-state index contributed by atoms with van der Waals surface area (Å²) in [4.78, 5) is 36.9. The predicted molar refractivity (Wildman–Crippen MR) is 213 cm³/mol. The fourth-order valence-electron chi connectivity index (χ4n) is 4.70. The lowest BCUT2D eigenvalue weighted by molar-refractivity contribution is -0.137. The van der Waals surface area contributed by atoms with Crippen LogP contribution in [0, 0.1) is 23.7 Å². The Labute approximate surface area is 323 Å². The Balaban J connectivity index is 1.15. The monoisotopic (exact) mass is 750 g/mol. The molecule has 5 rings (SSSR count). The first-order valence-electron chi connectivity index (χ1n) is 16.5. The van der Waals surface area contributed by atoms with Crippen LogP contribution in [0.15, 0.2) is 150 Å². The van der Waals surface area contributed by atoms with Crippen molar-refractivity contribution < 1.29 is 32.8 Å². The summed E-state index contributed by atoms with van der Waals surface area (Å²) < 4.78 is 21.1. The second-order valence-corrected chi connectivity index (χ2v) is 13.2. The van der Waals surface area contributed by atoms with E-state index < -0.39 is 17.9 Å². The molecule has 0 radical (unpaired) electrons. The highest BCUT2D eigenvalue weighted by Crippen LogP contribution is 2.25. The molecule has 0 heterocycles. The van der Waals surface area contributed by atoms with Gasteiger partial charge in [0.15, 0.2) is 0 Å². The molecule has 7 nitrogen and oxygen atoms in total. The number of benzene rings is 5. The molecule has 5 aromatic carbocycles. The van der Waals surface area contributed by atoms with E-state index in [1.165, 1.54) is 7.11 Å². The Kier molecular flexibility index (Phi) is 14.4. The minimum Gasteiger partial charge on any atom is -0.488 e. The van der Waals surface area contributed by atoms with E-state index in [1.54, 1.807) is 23.9 Å². The number of carbonyl (C=O) groups is 3. The van der Waals surface area contributed by atoms with Crippen LogP contribution in [-0.4, -0.2) is 37.4 Å². The molecule has 268 valence electrons. The Morgan fingerprint density at radius 1 is 0.648 bits per heavy atom. The van der Waals surface area contributed by atoms with E-state index >= 15 is 0 Å². The summed E-state index contributed by atoms with van der Waals surface area (Å²) in [5, 5.41) is 0. The fourth-order valence-corrected chi connectivity index (χ4v) is 5.93. The average molecular weight is 751 g/mol. The molecule has 0 bridgehead atoms. The zero-order valence-electron chi connectivity index (χ0n) is 29.3. The maximum atomic E-state index is 12.7. The van der Waals surface area contributed by atoms with Gasteiger partial charge in [-0.05, 0) is 95.6 Å². The van der Waals surface area contributed by atoms with Gasteiger partial charge in [0.2, 0.25) is 0 Å². The van der Waals surface area contributed by atoms with Crippen LogP contribution in [0.25, 0.3) is 11.1 Å². The molecule has 0 aliphatic heterocycles. The second-order valence-electron chi connectivity index (χ2n) is 11.2. The van der Waals surface area contributed by atoms with Crippen LogP contribution in [0.2, 0.25) is 0 Å². The van der Waals surface area contributed by atoms with E-state index in [9.17, 15) is 14.4 Å². The van der Waals surface area contributed by atoms with Gasteiger partial charge < -0.3 is 18.4 Å². The van der Waals surface area contributed by atoms with E-state index in [1.807, 2.05) is 103 Å². The average Bonchev–Trinajstić information content (AvgIpc) is 3.22. The van der Waals surface area contributed by atoms with Crippen molar-refractivity contribution in [3.05, 3.63) is 174 Å². The highest BCUT2D eigenvalue weighted by molar-refractivity contribution is 7.99. The maximum absolute atomic E-state index is 12.7. The summed E-state index contributed by atoms with van der Waals surface area (Å²) in [5.41, 5.74) is 6.50. The fraction of sp³-hybridized carbons (Fsp3) is 0.0889. The first kappa shape index (κ1) is 38.8. The highest BCUT2D eigenvalue weighted by atomic mass is 32.2. The summed E-state index contributed by atoms with van der Waals surface area (Å²) in [6.45, 7) is 7.32. The van der Waals surface area contributed by atoms with Gasteiger partial charge in [0.25, 0.3) is 0 Å². The number of thioether (sulfide) groups is 1.